The first-order valence-corrected chi connectivity index (χ1v) is 9.94. The molecule has 0 unspecified atom stereocenters. The summed E-state index contributed by atoms with van der Waals surface area (Å²) in [7, 11) is 3.15. The minimum absolute atomic E-state index is 0.137. The van der Waals surface area contributed by atoms with Crippen molar-refractivity contribution >= 4 is 17.6 Å². The number of nitrogens with zero attached hydrogens (tertiary/aromatic N) is 1. The molecule has 1 N–H and O–H groups in total. The summed E-state index contributed by atoms with van der Waals surface area (Å²) in [4.78, 5) is 26.9. The standard InChI is InChI=1S/C23H27FN2O4/c1-16(17-7-9-18(10-8-17)21(27)29-3)25-22(28)23(11-13-30-14-12-23)26(2)20-6-4-5-19(24)15-20/h4-10,15-16H,11-14H2,1-3H3,(H,25,28)/t16-/m0/s1. The van der Waals surface area contributed by atoms with E-state index in [9.17, 15) is 14.0 Å². The quantitative estimate of drug-likeness (QED) is 0.733. The van der Waals surface area contributed by atoms with Gasteiger partial charge in [0.25, 0.3) is 0 Å². The molecule has 1 saturated heterocycles. The molecule has 1 atom stereocenters. The third-order valence-corrected chi connectivity index (χ3v) is 5.76. The second kappa shape index (κ2) is 9.26. The zero-order valence-corrected chi connectivity index (χ0v) is 17.5. The largest absolute Gasteiger partial charge is 0.465 e. The van der Waals surface area contributed by atoms with Crippen LogP contribution in [0.1, 0.15) is 41.7 Å². The Labute approximate surface area is 176 Å². The van der Waals surface area contributed by atoms with Gasteiger partial charge in [-0.1, -0.05) is 18.2 Å². The van der Waals surface area contributed by atoms with Crippen molar-refractivity contribution in [1.82, 2.24) is 5.32 Å². The summed E-state index contributed by atoms with van der Waals surface area (Å²) in [6.45, 7) is 2.80. The van der Waals surface area contributed by atoms with Gasteiger partial charge in [0.05, 0.1) is 18.7 Å². The van der Waals surface area contributed by atoms with E-state index in [0.29, 0.717) is 37.3 Å². The maximum absolute atomic E-state index is 13.8. The normalized spacial score (nSPS) is 16.4. The predicted molar refractivity (Wildman–Crippen MR) is 112 cm³/mol. The molecule has 160 valence electrons. The zero-order chi connectivity index (χ0) is 21.7. The summed E-state index contributed by atoms with van der Waals surface area (Å²) < 4.78 is 24.0. The van der Waals surface area contributed by atoms with Gasteiger partial charge < -0.3 is 19.7 Å². The number of amides is 1. The van der Waals surface area contributed by atoms with Gasteiger partial charge in [0, 0.05) is 38.8 Å². The maximum atomic E-state index is 13.8. The highest BCUT2D eigenvalue weighted by molar-refractivity contribution is 5.91. The number of carbonyl (C=O) groups is 2. The van der Waals surface area contributed by atoms with Gasteiger partial charge in [-0.3, -0.25) is 4.79 Å². The van der Waals surface area contributed by atoms with Crippen molar-refractivity contribution in [2.24, 2.45) is 0 Å². The molecule has 0 aromatic heterocycles. The molecule has 1 amide bonds. The van der Waals surface area contributed by atoms with Crippen LogP contribution in [0.5, 0.6) is 0 Å². The van der Waals surface area contributed by atoms with Crippen LogP contribution in [0.4, 0.5) is 10.1 Å². The number of hydrogen-bond donors (Lipinski definition) is 1. The highest BCUT2D eigenvalue weighted by atomic mass is 19.1. The van der Waals surface area contributed by atoms with Gasteiger partial charge in [-0.25, -0.2) is 9.18 Å². The molecule has 2 aromatic rings. The smallest absolute Gasteiger partial charge is 0.337 e. The van der Waals surface area contributed by atoms with Crippen LogP contribution in [0.2, 0.25) is 0 Å². The van der Waals surface area contributed by atoms with Gasteiger partial charge in [-0.2, -0.15) is 0 Å². The van der Waals surface area contributed by atoms with Crippen molar-refractivity contribution in [3.8, 4) is 0 Å². The Morgan fingerprint density at radius 2 is 1.83 bits per heavy atom. The van der Waals surface area contributed by atoms with E-state index in [1.165, 1.54) is 19.2 Å². The lowest BCUT2D eigenvalue weighted by molar-refractivity contribution is -0.130. The van der Waals surface area contributed by atoms with E-state index >= 15 is 0 Å². The van der Waals surface area contributed by atoms with Crippen LogP contribution < -0.4 is 10.2 Å². The molecular formula is C23H27FN2O4. The molecule has 1 aliphatic heterocycles. The van der Waals surface area contributed by atoms with Gasteiger partial charge in [0.15, 0.2) is 0 Å². The lowest BCUT2D eigenvalue weighted by Gasteiger charge is -2.44. The fraction of sp³-hybridized carbons (Fsp3) is 0.391. The molecule has 0 spiro atoms. The second-order valence-corrected chi connectivity index (χ2v) is 7.49. The Morgan fingerprint density at radius 1 is 1.17 bits per heavy atom. The highest BCUT2D eigenvalue weighted by Gasteiger charge is 2.44. The summed E-state index contributed by atoms with van der Waals surface area (Å²) >= 11 is 0. The topological polar surface area (TPSA) is 67.9 Å². The third-order valence-electron chi connectivity index (χ3n) is 5.76. The number of carbonyl (C=O) groups excluding carboxylic acids is 2. The Hall–Kier alpha value is -2.93. The summed E-state index contributed by atoms with van der Waals surface area (Å²) in [6.07, 6.45) is 1.000. The molecule has 0 radical (unpaired) electrons. The number of halogens is 1. The predicted octanol–water partition coefficient (Wildman–Crippen LogP) is 3.48. The molecule has 7 heteroatoms. The van der Waals surface area contributed by atoms with Crippen molar-refractivity contribution in [3.05, 3.63) is 65.5 Å². The van der Waals surface area contributed by atoms with Crippen LogP contribution in [0.3, 0.4) is 0 Å². The Balaban J connectivity index is 1.81. The zero-order valence-electron chi connectivity index (χ0n) is 17.5. The Morgan fingerprint density at radius 3 is 2.43 bits per heavy atom. The molecule has 0 bridgehead atoms. The number of methoxy groups -OCH3 is 1. The van der Waals surface area contributed by atoms with E-state index in [-0.39, 0.29) is 17.8 Å². The van der Waals surface area contributed by atoms with E-state index in [1.807, 2.05) is 18.9 Å². The van der Waals surface area contributed by atoms with E-state index in [0.717, 1.165) is 5.56 Å². The summed E-state index contributed by atoms with van der Waals surface area (Å²) in [5, 5.41) is 3.09. The van der Waals surface area contributed by atoms with E-state index in [2.05, 4.69) is 5.32 Å². The van der Waals surface area contributed by atoms with Crippen molar-refractivity contribution < 1.29 is 23.5 Å². The summed E-state index contributed by atoms with van der Waals surface area (Å²) in [6, 6.07) is 12.9. The molecule has 0 aliphatic carbocycles. The van der Waals surface area contributed by atoms with Crippen molar-refractivity contribution in [2.75, 3.05) is 32.3 Å². The van der Waals surface area contributed by atoms with Gasteiger partial charge in [0.1, 0.15) is 11.4 Å². The van der Waals surface area contributed by atoms with Gasteiger partial charge in [-0.05, 0) is 42.8 Å². The van der Waals surface area contributed by atoms with Crippen molar-refractivity contribution in [3.63, 3.8) is 0 Å². The fourth-order valence-corrected chi connectivity index (χ4v) is 3.80. The number of rotatable bonds is 6. The molecule has 1 aliphatic rings. The minimum Gasteiger partial charge on any atom is -0.465 e. The number of ether oxygens (including phenoxy) is 2. The minimum atomic E-state index is -0.841. The molecular weight excluding hydrogens is 387 g/mol. The third kappa shape index (κ3) is 4.46. The van der Waals surface area contributed by atoms with E-state index < -0.39 is 11.5 Å². The first-order valence-electron chi connectivity index (χ1n) is 9.94. The Bertz CT molecular complexity index is 894. The summed E-state index contributed by atoms with van der Waals surface area (Å²) in [5.74, 6) is -0.890. The average Bonchev–Trinajstić information content (AvgIpc) is 2.78. The number of nitrogens with one attached hydrogen (secondary N) is 1. The SMILES string of the molecule is COC(=O)c1ccc([C@H](C)NC(=O)C2(N(C)c3cccc(F)c3)CCOCC2)cc1. The van der Waals surface area contributed by atoms with Crippen LogP contribution >= 0.6 is 0 Å². The molecule has 1 fully saturated rings. The maximum Gasteiger partial charge on any atom is 0.337 e. The fourth-order valence-electron chi connectivity index (χ4n) is 3.80. The second-order valence-electron chi connectivity index (χ2n) is 7.49. The molecule has 6 nitrogen and oxygen atoms in total. The van der Waals surface area contributed by atoms with Crippen LogP contribution in [0.15, 0.2) is 48.5 Å². The molecule has 2 aromatic carbocycles. The average molecular weight is 414 g/mol. The van der Waals surface area contributed by atoms with Crippen LogP contribution in [-0.4, -0.2) is 44.8 Å². The number of benzene rings is 2. The van der Waals surface area contributed by atoms with E-state index in [4.69, 9.17) is 9.47 Å². The number of anilines is 1. The van der Waals surface area contributed by atoms with Gasteiger partial charge in [-0.15, -0.1) is 0 Å². The Kier molecular flexibility index (Phi) is 6.72. The lowest BCUT2D eigenvalue weighted by Crippen LogP contribution is -2.60. The number of esters is 1. The lowest BCUT2D eigenvalue weighted by atomic mass is 9.86. The van der Waals surface area contributed by atoms with Crippen LogP contribution in [-0.2, 0) is 14.3 Å². The van der Waals surface area contributed by atoms with Crippen molar-refractivity contribution in [1.29, 1.82) is 0 Å². The molecule has 0 saturated carbocycles. The van der Waals surface area contributed by atoms with E-state index in [1.54, 1.807) is 36.4 Å². The highest BCUT2D eigenvalue weighted by Crippen LogP contribution is 2.33. The number of hydrogen-bond acceptors (Lipinski definition) is 5. The molecule has 30 heavy (non-hydrogen) atoms. The van der Waals surface area contributed by atoms with Gasteiger partial charge >= 0.3 is 5.97 Å². The molecule has 3 rings (SSSR count). The van der Waals surface area contributed by atoms with Crippen molar-refractivity contribution in [2.45, 2.75) is 31.3 Å². The van der Waals surface area contributed by atoms with Crippen LogP contribution in [0.25, 0.3) is 0 Å². The summed E-state index contributed by atoms with van der Waals surface area (Å²) in [5.41, 5.74) is 1.12. The first kappa shape index (κ1) is 21.8. The van der Waals surface area contributed by atoms with Gasteiger partial charge in [0.2, 0.25) is 5.91 Å². The monoisotopic (exact) mass is 414 g/mol. The number of likely N-dealkylation sites (N-methyl/N-ethyl adjacent to an activating group) is 1. The van der Waals surface area contributed by atoms with Crippen LogP contribution in [0, 0.1) is 5.82 Å². The molecule has 1 heterocycles. The first-order chi connectivity index (χ1) is 14.4.